The highest BCUT2D eigenvalue weighted by Crippen LogP contribution is 2.24. The van der Waals surface area contributed by atoms with E-state index in [-0.39, 0.29) is 0 Å². The molecule has 1 heterocycles. The molecule has 6 nitrogen and oxygen atoms in total. The highest BCUT2D eigenvalue weighted by Gasteiger charge is 2.16. The van der Waals surface area contributed by atoms with Crippen molar-refractivity contribution in [2.75, 3.05) is 13.1 Å². The SMILES string of the molecule is Cc1ccc(-n2c(-c3ccccc3)nn(CN(CCC#N)CCC#N)c2=S)cc1C. The highest BCUT2D eigenvalue weighted by atomic mass is 32.1. The molecule has 3 rings (SSSR count). The van der Waals surface area contributed by atoms with Crippen molar-refractivity contribution < 1.29 is 0 Å². The van der Waals surface area contributed by atoms with Crippen LogP contribution in [0.4, 0.5) is 0 Å². The lowest BCUT2D eigenvalue weighted by Gasteiger charge is -2.19. The van der Waals surface area contributed by atoms with Crippen molar-refractivity contribution in [1.29, 1.82) is 10.5 Å². The summed E-state index contributed by atoms with van der Waals surface area (Å²) in [6.07, 6.45) is 0.782. The molecule has 0 unspecified atom stereocenters. The van der Waals surface area contributed by atoms with Crippen LogP contribution < -0.4 is 0 Å². The van der Waals surface area contributed by atoms with Crippen LogP contribution in [0, 0.1) is 41.3 Å². The van der Waals surface area contributed by atoms with Crippen LogP contribution >= 0.6 is 12.2 Å². The monoisotopic (exact) mass is 416 g/mol. The zero-order valence-electron chi connectivity index (χ0n) is 17.2. The molecule has 0 bridgehead atoms. The maximum Gasteiger partial charge on any atom is 0.204 e. The Morgan fingerprint density at radius 1 is 0.967 bits per heavy atom. The van der Waals surface area contributed by atoms with Gasteiger partial charge in [0.15, 0.2) is 5.82 Å². The van der Waals surface area contributed by atoms with E-state index >= 15 is 0 Å². The normalized spacial score (nSPS) is 10.7. The minimum absolute atomic E-state index is 0.391. The first-order valence-electron chi connectivity index (χ1n) is 9.84. The summed E-state index contributed by atoms with van der Waals surface area (Å²) in [5.41, 5.74) is 4.35. The third-order valence-corrected chi connectivity index (χ3v) is 5.43. The summed E-state index contributed by atoms with van der Waals surface area (Å²) >= 11 is 5.82. The van der Waals surface area contributed by atoms with Crippen molar-refractivity contribution in [3.8, 4) is 29.2 Å². The van der Waals surface area contributed by atoms with E-state index in [9.17, 15) is 0 Å². The van der Waals surface area contributed by atoms with Crippen LogP contribution in [-0.4, -0.2) is 32.3 Å². The minimum Gasteiger partial charge on any atom is -0.282 e. The number of aryl methyl sites for hydroxylation is 2. The number of aromatic nitrogens is 3. The van der Waals surface area contributed by atoms with Crippen LogP contribution in [0.1, 0.15) is 24.0 Å². The lowest BCUT2D eigenvalue weighted by Crippen LogP contribution is -2.29. The molecule has 0 radical (unpaired) electrons. The first kappa shape index (κ1) is 21.4. The zero-order chi connectivity index (χ0) is 21.5. The standard InChI is InChI=1S/C23H24N6S/c1-18-10-11-21(16-19(18)2)29-22(20-8-4-3-5-9-20)26-28(23(29)30)17-27(14-6-12-24)15-7-13-25/h3-5,8-11,16H,6-7,14-15,17H2,1-2H3. The predicted octanol–water partition coefficient (Wildman–Crippen LogP) is 4.77. The molecule has 2 aromatic carbocycles. The van der Waals surface area contributed by atoms with E-state index in [0.29, 0.717) is 37.4 Å². The number of nitriles is 2. The van der Waals surface area contributed by atoms with E-state index in [0.717, 1.165) is 17.1 Å². The van der Waals surface area contributed by atoms with Gasteiger partial charge in [0.25, 0.3) is 0 Å². The van der Waals surface area contributed by atoms with Crippen molar-refractivity contribution in [2.24, 2.45) is 0 Å². The van der Waals surface area contributed by atoms with Gasteiger partial charge in [-0.15, -0.1) is 5.10 Å². The van der Waals surface area contributed by atoms with Gasteiger partial charge >= 0.3 is 0 Å². The first-order chi connectivity index (χ1) is 14.5. The van der Waals surface area contributed by atoms with Crippen LogP contribution in [0.15, 0.2) is 48.5 Å². The molecule has 0 saturated carbocycles. The molecular formula is C23H24N6S. The largest absolute Gasteiger partial charge is 0.282 e. The van der Waals surface area contributed by atoms with E-state index in [1.807, 2.05) is 39.8 Å². The van der Waals surface area contributed by atoms with E-state index in [1.54, 1.807) is 4.68 Å². The summed E-state index contributed by atoms with van der Waals surface area (Å²) in [6, 6.07) is 20.6. The van der Waals surface area contributed by atoms with Gasteiger partial charge in [-0.3, -0.25) is 9.47 Å². The summed E-state index contributed by atoms with van der Waals surface area (Å²) in [5, 5.41) is 22.8. The maximum atomic E-state index is 8.97. The van der Waals surface area contributed by atoms with Crippen LogP contribution in [0.2, 0.25) is 0 Å². The van der Waals surface area contributed by atoms with Gasteiger partial charge in [-0.05, 0) is 49.3 Å². The Morgan fingerprint density at radius 2 is 1.63 bits per heavy atom. The molecule has 3 aromatic rings. The van der Waals surface area contributed by atoms with Crippen LogP contribution in [0.25, 0.3) is 17.1 Å². The second kappa shape index (κ2) is 9.98. The molecule has 0 fully saturated rings. The first-order valence-corrected chi connectivity index (χ1v) is 10.2. The Balaban J connectivity index is 2.08. The molecule has 0 saturated heterocycles. The highest BCUT2D eigenvalue weighted by molar-refractivity contribution is 7.71. The zero-order valence-corrected chi connectivity index (χ0v) is 18.1. The van der Waals surface area contributed by atoms with Gasteiger partial charge in [-0.1, -0.05) is 36.4 Å². The second-order valence-corrected chi connectivity index (χ2v) is 7.52. The van der Waals surface area contributed by atoms with Gasteiger partial charge < -0.3 is 0 Å². The van der Waals surface area contributed by atoms with Gasteiger partial charge in [0, 0.05) is 31.5 Å². The van der Waals surface area contributed by atoms with Crippen molar-refractivity contribution in [2.45, 2.75) is 33.4 Å². The Bertz CT molecular complexity index is 1130. The lowest BCUT2D eigenvalue weighted by molar-refractivity contribution is 0.214. The van der Waals surface area contributed by atoms with Gasteiger partial charge in [0.1, 0.15) is 0 Å². The van der Waals surface area contributed by atoms with Crippen LogP contribution in [-0.2, 0) is 6.67 Å². The Labute approximate surface area is 182 Å². The lowest BCUT2D eigenvalue weighted by atomic mass is 10.1. The Kier molecular flexibility index (Phi) is 7.13. The summed E-state index contributed by atoms with van der Waals surface area (Å²) in [4.78, 5) is 2.04. The molecule has 30 heavy (non-hydrogen) atoms. The predicted molar refractivity (Wildman–Crippen MR) is 119 cm³/mol. The molecule has 152 valence electrons. The van der Waals surface area contributed by atoms with Gasteiger partial charge in [0.05, 0.1) is 24.5 Å². The fraction of sp³-hybridized carbons (Fsp3) is 0.304. The fourth-order valence-electron chi connectivity index (χ4n) is 3.23. The Morgan fingerprint density at radius 3 is 2.23 bits per heavy atom. The molecule has 0 atom stereocenters. The number of hydrogen-bond acceptors (Lipinski definition) is 5. The number of nitrogens with zero attached hydrogens (tertiary/aromatic N) is 6. The summed E-state index contributed by atoms with van der Waals surface area (Å²) in [7, 11) is 0. The third kappa shape index (κ3) is 4.83. The van der Waals surface area contributed by atoms with E-state index in [4.69, 9.17) is 27.8 Å². The van der Waals surface area contributed by atoms with Crippen molar-refractivity contribution in [1.82, 2.24) is 19.2 Å². The van der Waals surface area contributed by atoms with Gasteiger partial charge in [-0.2, -0.15) is 10.5 Å². The summed E-state index contributed by atoms with van der Waals surface area (Å²) in [6.45, 7) is 5.73. The van der Waals surface area contributed by atoms with Crippen molar-refractivity contribution in [3.63, 3.8) is 0 Å². The van der Waals surface area contributed by atoms with E-state index in [2.05, 4.69) is 44.2 Å². The quantitative estimate of drug-likeness (QED) is 0.494. The topological polar surface area (TPSA) is 73.6 Å². The van der Waals surface area contributed by atoms with Crippen molar-refractivity contribution >= 4 is 12.2 Å². The van der Waals surface area contributed by atoms with Gasteiger partial charge in [0.2, 0.25) is 4.77 Å². The molecule has 0 aliphatic carbocycles. The molecule has 0 aliphatic heterocycles. The third-order valence-electron chi connectivity index (χ3n) is 5.03. The second-order valence-electron chi connectivity index (χ2n) is 7.15. The van der Waals surface area contributed by atoms with Gasteiger partial charge in [-0.25, -0.2) is 4.68 Å². The van der Waals surface area contributed by atoms with E-state index in [1.165, 1.54) is 11.1 Å². The summed E-state index contributed by atoms with van der Waals surface area (Å²) < 4.78 is 4.35. The molecule has 0 spiro atoms. The average molecular weight is 417 g/mol. The number of hydrogen-bond donors (Lipinski definition) is 0. The molecule has 7 heteroatoms. The average Bonchev–Trinajstić information content (AvgIpc) is 3.08. The number of benzene rings is 2. The molecular weight excluding hydrogens is 392 g/mol. The smallest absolute Gasteiger partial charge is 0.204 e. The minimum atomic E-state index is 0.391. The van der Waals surface area contributed by atoms with Crippen LogP contribution in [0.3, 0.4) is 0 Å². The van der Waals surface area contributed by atoms with Crippen molar-refractivity contribution in [3.05, 3.63) is 64.4 Å². The number of rotatable bonds is 8. The molecule has 1 aromatic heterocycles. The summed E-state index contributed by atoms with van der Waals surface area (Å²) in [5.74, 6) is 0.768. The molecule has 0 aliphatic rings. The maximum absolute atomic E-state index is 8.97. The van der Waals surface area contributed by atoms with E-state index < -0.39 is 0 Å². The Hall–Kier alpha value is -3.26. The molecule has 0 N–H and O–H groups in total. The van der Waals surface area contributed by atoms with Crippen LogP contribution in [0.5, 0.6) is 0 Å². The fourth-order valence-corrected chi connectivity index (χ4v) is 3.52. The molecule has 0 amide bonds.